The van der Waals surface area contributed by atoms with Gasteiger partial charge < -0.3 is 25.2 Å². The Bertz CT molecular complexity index is 637. The van der Waals surface area contributed by atoms with E-state index in [-0.39, 0.29) is 12.1 Å². The normalized spacial score (nSPS) is 28.3. The van der Waals surface area contributed by atoms with Gasteiger partial charge in [-0.2, -0.15) is 0 Å². The van der Waals surface area contributed by atoms with Gasteiger partial charge in [-0.3, -0.25) is 0 Å². The Labute approximate surface area is 154 Å². The summed E-state index contributed by atoms with van der Waals surface area (Å²) in [6.45, 7) is 6.18. The lowest BCUT2D eigenvalue weighted by Gasteiger charge is -2.32. The summed E-state index contributed by atoms with van der Waals surface area (Å²) in [6, 6.07) is 0.00584. The van der Waals surface area contributed by atoms with Gasteiger partial charge in [0.25, 0.3) is 0 Å². The summed E-state index contributed by atoms with van der Waals surface area (Å²) in [5, 5.41) is 6.33. The van der Waals surface area contributed by atoms with Crippen molar-refractivity contribution in [2.45, 2.75) is 26.2 Å². The van der Waals surface area contributed by atoms with E-state index < -0.39 is 0 Å². The smallest absolute Gasteiger partial charge is 0.409 e. The molecule has 0 bridgehead atoms. The quantitative estimate of drug-likeness (QED) is 0.806. The Morgan fingerprint density at radius 1 is 1.38 bits per heavy atom. The Balaban J connectivity index is 1.21. The average Bonchev–Trinajstić information content (AvgIpc) is 3.13. The topological polar surface area (TPSA) is 73.9 Å². The van der Waals surface area contributed by atoms with Gasteiger partial charge >= 0.3 is 12.1 Å². The number of amides is 3. The fourth-order valence-corrected chi connectivity index (χ4v) is 4.54. The molecule has 4 aliphatic rings. The van der Waals surface area contributed by atoms with E-state index in [2.05, 4.69) is 16.7 Å². The number of urea groups is 1. The molecule has 142 valence electrons. The van der Waals surface area contributed by atoms with Crippen molar-refractivity contribution in [3.63, 3.8) is 0 Å². The van der Waals surface area contributed by atoms with E-state index in [4.69, 9.17) is 4.74 Å². The van der Waals surface area contributed by atoms with Crippen LogP contribution in [0.15, 0.2) is 24.0 Å². The molecule has 3 aliphatic heterocycles. The van der Waals surface area contributed by atoms with Gasteiger partial charge in [0.15, 0.2) is 0 Å². The number of likely N-dealkylation sites (tertiary alicyclic amines) is 1. The SMILES string of the molecule is CCOC(=O)N1CCC2(CC1)CC2CNC(=O)N1C=C2C=CNCC2C1. The van der Waals surface area contributed by atoms with Gasteiger partial charge in [-0.1, -0.05) is 0 Å². The molecule has 2 N–H and O–H groups in total. The van der Waals surface area contributed by atoms with Gasteiger partial charge in [-0.25, -0.2) is 9.59 Å². The third-order valence-corrected chi connectivity index (χ3v) is 6.36. The Hall–Kier alpha value is -2.18. The van der Waals surface area contributed by atoms with Crippen molar-refractivity contribution in [3.05, 3.63) is 24.0 Å². The van der Waals surface area contributed by atoms with Crippen LogP contribution in [0, 0.1) is 17.3 Å². The third kappa shape index (κ3) is 3.27. The van der Waals surface area contributed by atoms with Crippen molar-refractivity contribution in [2.75, 3.05) is 39.3 Å². The second kappa shape index (κ2) is 6.85. The first-order valence-corrected chi connectivity index (χ1v) is 9.69. The van der Waals surface area contributed by atoms with Gasteiger partial charge in [-0.05, 0) is 55.4 Å². The molecule has 4 rings (SSSR count). The van der Waals surface area contributed by atoms with E-state index in [0.29, 0.717) is 23.9 Å². The largest absolute Gasteiger partial charge is 0.450 e. The molecule has 2 fully saturated rings. The van der Waals surface area contributed by atoms with Gasteiger partial charge in [0.1, 0.15) is 0 Å². The Kier molecular flexibility index (Phi) is 4.54. The standard InChI is InChI=1S/C19H28N4O3/c1-2-26-18(25)22-7-4-19(5-8-22)9-16(19)11-21-17(24)23-12-14-3-6-20-10-15(14)13-23/h3,6,12,15-16,20H,2,4-5,7-11,13H2,1H3,(H,21,24). The highest BCUT2D eigenvalue weighted by Gasteiger charge is 2.55. The minimum atomic E-state index is -0.195. The maximum absolute atomic E-state index is 12.5. The predicted octanol–water partition coefficient (Wildman–Crippen LogP) is 1.89. The maximum atomic E-state index is 12.5. The number of hydrogen-bond acceptors (Lipinski definition) is 4. The van der Waals surface area contributed by atoms with E-state index in [0.717, 1.165) is 52.0 Å². The van der Waals surface area contributed by atoms with Crippen LogP contribution in [-0.4, -0.2) is 61.3 Å². The monoisotopic (exact) mass is 360 g/mol. The number of carbonyl (C=O) groups excluding carboxylic acids is 2. The molecule has 3 amide bonds. The zero-order valence-corrected chi connectivity index (χ0v) is 15.4. The summed E-state index contributed by atoms with van der Waals surface area (Å²) in [5.74, 6) is 0.945. The van der Waals surface area contributed by atoms with E-state index in [1.54, 1.807) is 4.90 Å². The lowest BCUT2D eigenvalue weighted by atomic mass is 9.91. The molecule has 0 radical (unpaired) electrons. The second-order valence-electron chi connectivity index (χ2n) is 7.86. The first-order valence-electron chi connectivity index (χ1n) is 9.69. The number of nitrogens with zero attached hydrogens (tertiary/aromatic N) is 2. The van der Waals surface area contributed by atoms with Crippen LogP contribution in [0.2, 0.25) is 0 Å². The molecule has 3 heterocycles. The molecular formula is C19H28N4O3. The van der Waals surface area contributed by atoms with Crippen LogP contribution in [0.1, 0.15) is 26.2 Å². The summed E-state index contributed by atoms with van der Waals surface area (Å²) in [5.41, 5.74) is 1.55. The fourth-order valence-electron chi connectivity index (χ4n) is 4.54. The van der Waals surface area contributed by atoms with Crippen LogP contribution in [0.5, 0.6) is 0 Å². The van der Waals surface area contributed by atoms with E-state index in [1.807, 2.05) is 24.2 Å². The molecule has 7 heteroatoms. The molecule has 1 saturated heterocycles. The van der Waals surface area contributed by atoms with Gasteiger partial charge in [0.05, 0.1) is 6.61 Å². The van der Waals surface area contributed by atoms with E-state index in [1.165, 1.54) is 5.57 Å². The minimum Gasteiger partial charge on any atom is -0.450 e. The minimum absolute atomic E-state index is 0.00584. The zero-order valence-electron chi connectivity index (χ0n) is 15.4. The van der Waals surface area contributed by atoms with Gasteiger partial charge in [-0.15, -0.1) is 0 Å². The van der Waals surface area contributed by atoms with Crippen molar-refractivity contribution >= 4 is 12.1 Å². The number of fused-ring (bicyclic) bond motifs is 1. The van der Waals surface area contributed by atoms with Crippen LogP contribution >= 0.6 is 0 Å². The number of piperidine rings is 1. The summed E-state index contributed by atoms with van der Waals surface area (Å²) in [6.07, 6.45) is 8.95. The summed E-state index contributed by atoms with van der Waals surface area (Å²) < 4.78 is 5.08. The Morgan fingerprint density at radius 2 is 2.19 bits per heavy atom. The summed E-state index contributed by atoms with van der Waals surface area (Å²) in [7, 11) is 0. The van der Waals surface area contributed by atoms with Crippen molar-refractivity contribution in [2.24, 2.45) is 17.3 Å². The second-order valence-corrected chi connectivity index (χ2v) is 7.86. The van der Waals surface area contributed by atoms with Gasteiger partial charge in [0, 0.05) is 44.8 Å². The predicted molar refractivity (Wildman–Crippen MR) is 97.2 cm³/mol. The molecule has 1 aliphatic carbocycles. The van der Waals surface area contributed by atoms with Crippen LogP contribution in [0.3, 0.4) is 0 Å². The number of rotatable bonds is 3. The summed E-state index contributed by atoms with van der Waals surface area (Å²) >= 11 is 0. The van der Waals surface area contributed by atoms with Crippen LogP contribution in [-0.2, 0) is 4.74 Å². The molecule has 1 spiro atoms. The highest BCUT2D eigenvalue weighted by Crippen LogP contribution is 2.59. The molecule has 2 atom stereocenters. The fraction of sp³-hybridized carbons (Fsp3) is 0.684. The number of allylic oxidation sites excluding steroid dienone is 1. The van der Waals surface area contributed by atoms with Gasteiger partial charge in [0.2, 0.25) is 0 Å². The number of carbonyl (C=O) groups is 2. The molecule has 7 nitrogen and oxygen atoms in total. The van der Waals surface area contributed by atoms with E-state index in [9.17, 15) is 9.59 Å². The highest BCUT2D eigenvalue weighted by molar-refractivity contribution is 5.76. The van der Waals surface area contributed by atoms with Crippen molar-refractivity contribution in [1.29, 1.82) is 0 Å². The van der Waals surface area contributed by atoms with E-state index >= 15 is 0 Å². The van der Waals surface area contributed by atoms with Crippen molar-refractivity contribution in [3.8, 4) is 0 Å². The summed E-state index contributed by atoms with van der Waals surface area (Å²) in [4.78, 5) is 27.9. The first-order chi connectivity index (χ1) is 12.6. The lowest BCUT2D eigenvalue weighted by molar-refractivity contribution is 0.0869. The molecular weight excluding hydrogens is 332 g/mol. The molecule has 0 aromatic heterocycles. The van der Waals surface area contributed by atoms with Crippen molar-refractivity contribution < 1.29 is 14.3 Å². The number of ether oxygens (including phenoxy) is 1. The third-order valence-electron chi connectivity index (χ3n) is 6.36. The first kappa shape index (κ1) is 17.2. The maximum Gasteiger partial charge on any atom is 0.409 e. The van der Waals surface area contributed by atoms with Crippen LogP contribution < -0.4 is 10.6 Å². The van der Waals surface area contributed by atoms with Crippen molar-refractivity contribution in [1.82, 2.24) is 20.4 Å². The van der Waals surface area contributed by atoms with Crippen LogP contribution in [0.4, 0.5) is 9.59 Å². The molecule has 0 aromatic rings. The molecule has 2 unspecified atom stereocenters. The van der Waals surface area contributed by atoms with Crippen LogP contribution in [0.25, 0.3) is 0 Å². The number of hydrogen-bond donors (Lipinski definition) is 2. The highest BCUT2D eigenvalue weighted by atomic mass is 16.6. The number of nitrogens with one attached hydrogen (secondary N) is 2. The molecule has 26 heavy (non-hydrogen) atoms. The lowest BCUT2D eigenvalue weighted by Crippen LogP contribution is -2.41. The Morgan fingerprint density at radius 3 is 2.92 bits per heavy atom. The average molecular weight is 360 g/mol. The molecule has 1 saturated carbocycles. The molecule has 0 aromatic carbocycles. The zero-order chi connectivity index (χ0) is 18.1.